The maximum Gasteiger partial charge on any atom is 0.124 e. The largest absolute Gasteiger partial charge is 0.299 e. The first-order chi connectivity index (χ1) is 7.67. The highest BCUT2D eigenvalue weighted by atomic mass is 35.5. The fourth-order valence-electron chi connectivity index (χ4n) is 1.52. The van der Waals surface area contributed by atoms with Crippen molar-refractivity contribution in [3.8, 4) is 0 Å². The molecule has 0 aliphatic rings. The number of halogens is 3. The molecule has 0 bridgehead atoms. The van der Waals surface area contributed by atoms with Crippen molar-refractivity contribution in [3.05, 3.63) is 34.6 Å². The summed E-state index contributed by atoms with van der Waals surface area (Å²) >= 11 is 11.6. The highest BCUT2D eigenvalue weighted by Crippen LogP contribution is 2.19. The summed E-state index contributed by atoms with van der Waals surface area (Å²) in [4.78, 5) is 2.24. The molecule has 4 heteroatoms. The van der Waals surface area contributed by atoms with Crippen LogP contribution in [0.3, 0.4) is 0 Å². The summed E-state index contributed by atoms with van der Waals surface area (Å²) in [6.07, 6.45) is 0.953. The van der Waals surface area contributed by atoms with E-state index in [0.717, 1.165) is 31.6 Å². The molecule has 0 N–H and O–H groups in total. The first-order valence-corrected chi connectivity index (χ1v) is 6.31. The number of nitrogens with zero attached hydrogens (tertiary/aromatic N) is 1. The minimum Gasteiger partial charge on any atom is -0.299 e. The summed E-state index contributed by atoms with van der Waals surface area (Å²) < 4.78 is 12.9. The minimum absolute atomic E-state index is 0.294. The molecule has 0 aliphatic carbocycles. The van der Waals surface area contributed by atoms with Gasteiger partial charge < -0.3 is 0 Å². The van der Waals surface area contributed by atoms with E-state index in [9.17, 15) is 4.39 Å². The molecule has 0 fully saturated rings. The lowest BCUT2D eigenvalue weighted by molar-refractivity contribution is 0.281. The summed E-state index contributed by atoms with van der Waals surface area (Å²) in [5, 5.41) is 0.490. The van der Waals surface area contributed by atoms with E-state index >= 15 is 0 Å². The Morgan fingerprint density at radius 2 is 2.12 bits per heavy atom. The maximum absolute atomic E-state index is 12.9. The normalized spacial score (nSPS) is 11.1. The Hall–Kier alpha value is -0.310. The summed E-state index contributed by atoms with van der Waals surface area (Å²) in [7, 11) is 0. The van der Waals surface area contributed by atoms with Crippen molar-refractivity contribution >= 4 is 23.2 Å². The van der Waals surface area contributed by atoms with E-state index in [4.69, 9.17) is 23.2 Å². The zero-order valence-electron chi connectivity index (χ0n) is 9.35. The molecule has 1 rings (SSSR count). The first-order valence-electron chi connectivity index (χ1n) is 5.39. The minimum atomic E-state index is -0.294. The van der Waals surface area contributed by atoms with Gasteiger partial charge in [0.2, 0.25) is 0 Å². The lowest BCUT2D eigenvalue weighted by Crippen LogP contribution is -2.24. The van der Waals surface area contributed by atoms with Gasteiger partial charge in [0.05, 0.1) is 0 Å². The second kappa shape index (κ2) is 7.10. The standard InChI is InChI=1S/C12H16Cl2FN/c1-2-16(7-3-6-13)9-10-4-5-11(15)8-12(10)14/h4-5,8H,2-3,6-7,9H2,1H3. The van der Waals surface area contributed by atoms with Gasteiger partial charge in [0.15, 0.2) is 0 Å². The highest BCUT2D eigenvalue weighted by molar-refractivity contribution is 6.31. The van der Waals surface area contributed by atoms with Gasteiger partial charge in [-0.25, -0.2) is 4.39 Å². The van der Waals surface area contributed by atoms with E-state index < -0.39 is 0 Å². The molecule has 0 spiro atoms. The zero-order valence-corrected chi connectivity index (χ0v) is 10.9. The van der Waals surface area contributed by atoms with Gasteiger partial charge in [0.25, 0.3) is 0 Å². The summed E-state index contributed by atoms with van der Waals surface area (Å²) in [5.74, 6) is 0.366. The zero-order chi connectivity index (χ0) is 12.0. The smallest absolute Gasteiger partial charge is 0.124 e. The van der Waals surface area contributed by atoms with Crippen molar-refractivity contribution in [2.75, 3.05) is 19.0 Å². The van der Waals surface area contributed by atoms with Gasteiger partial charge >= 0.3 is 0 Å². The maximum atomic E-state index is 12.9. The number of hydrogen-bond donors (Lipinski definition) is 0. The van der Waals surface area contributed by atoms with E-state index in [1.54, 1.807) is 6.07 Å². The van der Waals surface area contributed by atoms with Gasteiger partial charge in [-0.15, -0.1) is 11.6 Å². The summed E-state index contributed by atoms with van der Waals surface area (Å²) in [5.41, 5.74) is 0.958. The Morgan fingerprint density at radius 3 is 2.69 bits per heavy atom. The van der Waals surface area contributed by atoms with Crippen LogP contribution in [0.1, 0.15) is 18.9 Å². The molecule has 0 amide bonds. The van der Waals surface area contributed by atoms with Crippen LogP contribution in [0.25, 0.3) is 0 Å². The molecule has 1 nitrogen and oxygen atoms in total. The van der Waals surface area contributed by atoms with Crippen molar-refractivity contribution in [2.24, 2.45) is 0 Å². The second-order valence-electron chi connectivity index (χ2n) is 3.65. The van der Waals surface area contributed by atoms with Crippen LogP contribution in [-0.4, -0.2) is 23.9 Å². The van der Waals surface area contributed by atoms with Gasteiger partial charge in [0, 0.05) is 17.4 Å². The third-order valence-corrected chi connectivity index (χ3v) is 3.08. The van der Waals surface area contributed by atoms with Crippen molar-refractivity contribution in [1.82, 2.24) is 4.90 Å². The molecule has 0 saturated heterocycles. The molecule has 0 saturated carbocycles. The quantitative estimate of drug-likeness (QED) is 0.704. The molecular weight excluding hydrogens is 248 g/mol. The molecular formula is C12H16Cl2FN. The van der Waals surface area contributed by atoms with Gasteiger partial charge in [0.1, 0.15) is 5.82 Å². The SMILES string of the molecule is CCN(CCCCl)Cc1ccc(F)cc1Cl. The van der Waals surface area contributed by atoms with E-state index in [1.807, 2.05) is 0 Å². The summed E-state index contributed by atoms with van der Waals surface area (Å²) in [6.45, 7) is 4.70. The first kappa shape index (κ1) is 13.8. The molecule has 0 aliphatic heterocycles. The monoisotopic (exact) mass is 263 g/mol. The predicted molar refractivity (Wildman–Crippen MR) is 67.7 cm³/mol. The van der Waals surface area contributed by atoms with Crippen LogP contribution in [0.4, 0.5) is 4.39 Å². The second-order valence-corrected chi connectivity index (χ2v) is 4.43. The Morgan fingerprint density at radius 1 is 1.38 bits per heavy atom. The van der Waals surface area contributed by atoms with Crippen molar-refractivity contribution in [1.29, 1.82) is 0 Å². The lowest BCUT2D eigenvalue weighted by Gasteiger charge is -2.20. The van der Waals surface area contributed by atoms with E-state index in [1.165, 1.54) is 12.1 Å². The van der Waals surface area contributed by atoms with Gasteiger partial charge in [-0.3, -0.25) is 4.90 Å². The van der Waals surface area contributed by atoms with Crippen LogP contribution in [0.5, 0.6) is 0 Å². The molecule has 1 aromatic carbocycles. The fourth-order valence-corrected chi connectivity index (χ4v) is 1.87. The van der Waals surface area contributed by atoms with Crippen LogP contribution in [0, 0.1) is 5.82 Å². The van der Waals surface area contributed by atoms with E-state index in [2.05, 4.69) is 11.8 Å². The van der Waals surface area contributed by atoms with E-state index in [0.29, 0.717) is 10.9 Å². The van der Waals surface area contributed by atoms with Gasteiger partial charge in [-0.2, -0.15) is 0 Å². The molecule has 90 valence electrons. The van der Waals surface area contributed by atoms with Crippen molar-refractivity contribution in [2.45, 2.75) is 19.9 Å². The average molecular weight is 264 g/mol. The molecule has 0 aromatic heterocycles. The average Bonchev–Trinajstić information content (AvgIpc) is 2.27. The number of rotatable bonds is 6. The number of alkyl halides is 1. The Labute approximate surface area is 106 Å². The van der Waals surface area contributed by atoms with Gasteiger partial charge in [-0.05, 0) is 37.2 Å². The highest BCUT2D eigenvalue weighted by Gasteiger charge is 2.07. The van der Waals surface area contributed by atoms with Crippen LogP contribution >= 0.6 is 23.2 Å². The molecule has 0 radical (unpaired) electrons. The fraction of sp³-hybridized carbons (Fsp3) is 0.500. The van der Waals surface area contributed by atoms with Crippen LogP contribution in [0.15, 0.2) is 18.2 Å². The topological polar surface area (TPSA) is 3.24 Å². The van der Waals surface area contributed by atoms with Crippen LogP contribution < -0.4 is 0 Å². The lowest BCUT2D eigenvalue weighted by atomic mass is 10.2. The number of hydrogen-bond acceptors (Lipinski definition) is 1. The Balaban J connectivity index is 2.62. The van der Waals surface area contributed by atoms with E-state index in [-0.39, 0.29) is 5.82 Å². The molecule has 0 unspecified atom stereocenters. The molecule has 0 atom stereocenters. The molecule has 16 heavy (non-hydrogen) atoms. The molecule has 1 aromatic rings. The third-order valence-electron chi connectivity index (χ3n) is 2.46. The Bertz CT molecular complexity index is 331. The number of benzene rings is 1. The van der Waals surface area contributed by atoms with Gasteiger partial charge in [-0.1, -0.05) is 24.6 Å². The van der Waals surface area contributed by atoms with Crippen LogP contribution in [0.2, 0.25) is 5.02 Å². The van der Waals surface area contributed by atoms with Crippen LogP contribution in [-0.2, 0) is 6.54 Å². The Kier molecular flexibility index (Phi) is 6.10. The predicted octanol–water partition coefficient (Wildman–Crippen LogP) is 3.93. The van der Waals surface area contributed by atoms with Crippen molar-refractivity contribution in [3.63, 3.8) is 0 Å². The third kappa shape index (κ3) is 4.28. The summed E-state index contributed by atoms with van der Waals surface area (Å²) in [6, 6.07) is 4.53. The van der Waals surface area contributed by atoms with Crippen molar-refractivity contribution < 1.29 is 4.39 Å². The molecule has 0 heterocycles.